The Morgan fingerprint density at radius 3 is 2.57 bits per heavy atom. The van der Waals surface area contributed by atoms with Gasteiger partial charge in [0, 0.05) is 5.69 Å². The molecule has 0 bridgehead atoms. The molecule has 0 heterocycles. The minimum Gasteiger partial charge on any atom is -0.478 e. The van der Waals surface area contributed by atoms with Crippen LogP contribution in [0.2, 0.25) is 0 Å². The summed E-state index contributed by atoms with van der Waals surface area (Å²) in [7, 11) is 0. The van der Waals surface area contributed by atoms with Crippen molar-refractivity contribution in [3.63, 3.8) is 0 Å². The van der Waals surface area contributed by atoms with E-state index in [0.717, 1.165) is 5.56 Å². The first kappa shape index (κ1) is 10.2. The van der Waals surface area contributed by atoms with Crippen molar-refractivity contribution in [1.82, 2.24) is 0 Å². The summed E-state index contributed by atoms with van der Waals surface area (Å²) in [5.74, 6) is -0.986. The zero-order valence-electron chi connectivity index (χ0n) is 8.00. The Morgan fingerprint density at radius 2 is 2.07 bits per heavy atom. The fourth-order valence-corrected chi connectivity index (χ4v) is 1.23. The Kier molecular flexibility index (Phi) is 2.86. The summed E-state index contributed by atoms with van der Waals surface area (Å²) < 4.78 is 0. The van der Waals surface area contributed by atoms with E-state index < -0.39 is 5.97 Å². The fraction of sp³-hybridized carbons (Fsp3) is 0.200. The SMILES string of the molecule is Cc1cc(NC=O)cc(C(=O)O)c1C. The summed E-state index contributed by atoms with van der Waals surface area (Å²) in [5, 5.41) is 11.3. The lowest BCUT2D eigenvalue weighted by Crippen LogP contribution is -2.04. The van der Waals surface area contributed by atoms with E-state index in [2.05, 4.69) is 5.32 Å². The van der Waals surface area contributed by atoms with E-state index >= 15 is 0 Å². The molecule has 4 heteroatoms. The van der Waals surface area contributed by atoms with Gasteiger partial charge in [0.25, 0.3) is 0 Å². The quantitative estimate of drug-likeness (QED) is 0.716. The van der Waals surface area contributed by atoms with Crippen molar-refractivity contribution in [2.45, 2.75) is 13.8 Å². The first-order valence-electron chi connectivity index (χ1n) is 4.11. The van der Waals surface area contributed by atoms with Gasteiger partial charge in [-0.2, -0.15) is 0 Å². The summed E-state index contributed by atoms with van der Waals surface area (Å²) in [6.07, 6.45) is 0.524. The minimum atomic E-state index is -0.986. The van der Waals surface area contributed by atoms with Gasteiger partial charge in [-0.3, -0.25) is 4.79 Å². The molecule has 0 saturated carbocycles. The van der Waals surface area contributed by atoms with Gasteiger partial charge in [-0.05, 0) is 37.1 Å². The number of benzene rings is 1. The lowest BCUT2D eigenvalue weighted by Gasteiger charge is -2.07. The topological polar surface area (TPSA) is 66.4 Å². The van der Waals surface area contributed by atoms with Gasteiger partial charge >= 0.3 is 5.97 Å². The number of anilines is 1. The van der Waals surface area contributed by atoms with Crippen LogP contribution in [0, 0.1) is 13.8 Å². The molecule has 0 saturated heterocycles. The highest BCUT2D eigenvalue weighted by Gasteiger charge is 2.10. The summed E-state index contributed by atoms with van der Waals surface area (Å²) >= 11 is 0. The standard InChI is InChI=1S/C10H11NO3/c1-6-3-8(11-5-12)4-9(7(6)2)10(13)14/h3-5H,1-2H3,(H,11,12)(H,13,14). The van der Waals surface area contributed by atoms with Gasteiger partial charge in [-0.15, -0.1) is 0 Å². The average Bonchev–Trinajstić information content (AvgIpc) is 2.11. The second-order valence-corrected chi connectivity index (χ2v) is 3.03. The highest BCUT2D eigenvalue weighted by molar-refractivity contribution is 5.91. The number of nitrogens with one attached hydrogen (secondary N) is 1. The number of rotatable bonds is 3. The molecule has 0 spiro atoms. The molecule has 0 unspecified atom stereocenters. The molecule has 4 nitrogen and oxygen atoms in total. The second-order valence-electron chi connectivity index (χ2n) is 3.03. The van der Waals surface area contributed by atoms with Gasteiger partial charge in [-0.1, -0.05) is 0 Å². The van der Waals surface area contributed by atoms with Gasteiger partial charge in [0.2, 0.25) is 6.41 Å². The number of aryl methyl sites for hydroxylation is 1. The maximum Gasteiger partial charge on any atom is 0.336 e. The Morgan fingerprint density at radius 1 is 1.43 bits per heavy atom. The van der Waals surface area contributed by atoms with Crippen LogP contribution < -0.4 is 5.32 Å². The lowest BCUT2D eigenvalue weighted by atomic mass is 10.0. The molecule has 14 heavy (non-hydrogen) atoms. The number of aromatic carboxylic acids is 1. The zero-order chi connectivity index (χ0) is 10.7. The van der Waals surface area contributed by atoms with Crippen LogP contribution in [0.5, 0.6) is 0 Å². The average molecular weight is 193 g/mol. The number of hydrogen-bond acceptors (Lipinski definition) is 2. The van der Waals surface area contributed by atoms with Gasteiger partial charge in [0.15, 0.2) is 0 Å². The third-order valence-electron chi connectivity index (χ3n) is 2.12. The first-order valence-corrected chi connectivity index (χ1v) is 4.11. The van der Waals surface area contributed by atoms with Crippen LogP contribution in [0.3, 0.4) is 0 Å². The van der Waals surface area contributed by atoms with Crippen LogP contribution in [-0.4, -0.2) is 17.5 Å². The van der Waals surface area contributed by atoms with Crippen LogP contribution in [0.4, 0.5) is 5.69 Å². The normalized spacial score (nSPS) is 9.57. The highest BCUT2D eigenvalue weighted by Crippen LogP contribution is 2.19. The third-order valence-corrected chi connectivity index (χ3v) is 2.12. The lowest BCUT2D eigenvalue weighted by molar-refractivity contribution is -0.105. The van der Waals surface area contributed by atoms with Crippen LogP contribution in [-0.2, 0) is 4.79 Å². The number of carbonyl (C=O) groups excluding carboxylic acids is 1. The van der Waals surface area contributed by atoms with E-state index in [1.165, 1.54) is 6.07 Å². The molecule has 74 valence electrons. The van der Waals surface area contributed by atoms with Crippen molar-refractivity contribution >= 4 is 18.1 Å². The Hall–Kier alpha value is -1.84. The molecular weight excluding hydrogens is 182 g/mol. The molecule has 2 N–H and O–H groups in total. The second kappa shape index (κ2) is 3.91. The molecule has 1 aromatic rings. The van der Waals surface area contributed by atoms with E-state index in [1.54, 1.807) is 19.9 Å². The molecule has 0 aliphatic heterocycles. The number of carbonyl (C=O) groups is 2. The maximum atomic E-state index is 10.8. The van der Waals surface area contributed by atoms with Crippen LogP contribution in [0.15, 0.2) is 12.1 Å². The molecule has 0 radical (unpaired) electrons. The molecule has 0 aliphatic rings. The van der Waals surface area contributed by atoms with Crippen molar-refractivity contribution in [1.29, 1.82) is 0 Å². The fourth-order valence-electron chi connectivity index (χ4n) is 1.23. The molecule has 1 aromatic carbocycles. The molecule has 0 aliphatic carbocycles. The van der Waals surface area contributed by atoms with E-state index in [4.69, 9.17) is 5.11 Å². The van der Waals surface area contributed by atoms with Crippen LogP contribution in [0.25, 0.3) is 0 Å². The highest BCUT2D eigenvalue weighted by atomic mass is 16.4. The minimum absolute atomic E-state index is 0.217. The van der Waals surface area contributed by atoms with Crippen molar-refractivity contribution in [3.8, 4) is 0 Å². The molecular formula is C10H11NO3. The Bertz CT molecular complexity index is 385. The van der Waals surface area contributed by atoms with Crippen molar-refractivity contribution < 1.29 is 14.7 Å². The molecule has 0 aromatic heterocycles. The summed E-state index contributed by atoms with van der Waals surface area (Å²) in [5.41, 5.74) is 2.28. The first-order chi connectivity index (χ1) is 6.56. The van der Waals surface area contributed by atoms with E-state index in [-0.39, 0.29) is 5.56 Å². The van der Waals surface area contributed by atoms with Gasteiger partial charge in [0.05, 0.1) is 5.56 Å². The van der Waals surface area contributed by atoms with Gasteiger partial charge < -0.3 is 10.4 Å². The van der Waals surface area contributed by atoms with E-state index in [1.807, 2.05) is 0 Å². The van der Waals surface area contributed by atoms with E-state index in [0.29, 0.717) is 17.7 Å². The van der Waals surface area contributed by atoms with Crippen LogP contribution >= 0.6 is 0 Å². The van der Waals surface area contributed by atoms with Crippen molar-refractivity contribution in [2.75, 3.05) is 5.32 Å². The summed E-state index contributed by atoms with van der Waals surface area (Å²) in [4.78, 5) is 21.0. The maximum absolute atomic E-state index is 10.8. The third kappa shape index (κ3) is 1.90. The monoisotopic (exact) mass is 193 g/mol. The number of carboxylic acids is 1. The van der Waals surface area contributed by atoms with Gasteiger partial charge in [-0.25, -0.2) is 4.79 Å². The zero-order valence-corrected chi connectivity index (χ0v) is 8.00. The molecule has 1 amide bonds. The molecule has 0 atom stereocenters. The smallest absolute Gasteiger partial charge is 0.336 e. The number of hydrogen-bond donors (Lipinski definition) is 2. The molecule has 1 rings (SSSR count). The van der Waals surface area contributed by atoms with Crippen molar-refractivity contribution in [3.05, 3.63) is 28.8 Å². The summed E-state index contributed by atoms with van der Waals surface area (Å²) in [6, 6.07) is 3.18. The predicted octanol–water partition coefficient (Wildman–Crippen LogP) is 1.57. The Balaban J connectivity index is 3.27. The number of carboxylic acid groups (broad SMARTS) is 1. The summed E-state index contributed by atoms with van der Waals surface area (Å²) in [6.45, 7) is 3.54. The van der Waals surface area contributed by atoms with Gasteiger partial charge in [0.1, 0.15) is 0 Å². The van der Waals surface area contributed by atoms with Crippen molar-refractivity contribution in [2.24, 2.45) is 0 Å². The number of amides is 1. The Labute approximate surface area is 81.6 Å². The predicted molar refractivity (Wildman–Crippen MR) is 52.6 cm³/mol. The van der Waals surface area contributed by atoms with E-state index in [9.17, 15) is 9.59 Å². The largest absolute Gasteiger partial charge is 0.478 e. The van der Waals surface area contributed by atoms with Crippen LogP contribution in [0.1, 0.15) is 21.5 Å². The molecule has 0 fully saturated rings.